The van der Waals surface area contributed by atoms with E-state index in [9.17, 15) is 5.11 Å². The minimum atomic E-state index is -0.375. The van der Waals surface area contributed by atoms with Gasteiger partial charge in [0.2, 0.25) is 11.7 Å². The first-order valence-corrected chi connectivity index (χ1v) is 6.64. The van der Waals surface area contributed by atoms with Crippen molar-refractivity contribution in [3.05, 3.63) is 29.1 Å². The van der Waals surface area contributed by atoms with E-state index in [1.807, 2.05) is 0 Å². The second-order valence-corrected chi connectivity index (χ2v) is 5.09. The van der Waals surface area contributed by atoms with E-state index in [0.29, 0.717) is 41.0 Å². The van der Waals surface area contributed by atoms with E-state index in [1.54, 1.807) is 25.3 Å². The van der Waals surface area contributed by atoms with Crippen LogP contribution in [0, 0.1) is 0 Å². The summed E-state index contributed by atoms with van der Waals surface area (Å²) in [6, 6.07) is 5.12. The van der Waals surface area contributed by atoms with Crippen LogP contribution in [0.25, 0.3) is 11.4 Å². The number of methoxy groups -OCH3 is 1. The van der Waals surface area contributed by atoms with Gasteiger partial charge in [0, 0.05) is 11.6 Å². The maximum Gasteiger partial charge on any atom is 0.244 e. The zero-order valence-electron chi connectivity index (χ0n) is 10.8. The number of nitrogens with zero attached hydrogens (tertiary/aromatic N) is 2. The Bertz CT molecular complexity index is 617. The highest BCUT2D eigenvalue weighted by Crippen LogP contribution is 2.32. The summed E-state index contributed by atoms with van der Waals surface area (Å²) in [5.41, 5.74) is 0.713. The summed E-state index contributed by atoms with van der Waals surface area (Å²) in [5, 5.41) is 17.2. The van der Waals surface area contributed by atoms with Crippen LogP contribution in [0.2, 0.25) is 5.02 Å². The van der Waals surface area contributed by atoms with Crippen LogP contribution in [0.3, 0.4) is 0 Å². The minimum absolute atomic E-state index is 0.107. The molecule has 1 aliphatic rings. The number of rotatable bonds is 3. The number of aliphatic hydroxyl groups is 1. The molecule has 2 atom stereocenters. The molecule has 3 rings (SSSR count). The molecule has 0 unspecified atom stereocenters. The molecule has 0 radical (unpaired) electrons. The molecular formula is C13H14ClN3O3. The first-order valence-electron chi connectivity index (χ1n) is 6.26. The first-order chi connectivity index (χ1) is 9.67. The molecule has 0 spiro atoms. The third-order valence-electron chi connectivity index (χ3n) is 3.25. The lowest BCUT2D eigenvalue weighted by Gasteiger charge is -2.05. The van der Waals surface area contributed by atoms with Gasteiger partial charge in [0.25, 0.3) is 0 Å². The molecule has 20 heavy (non-hydrogen) atoms. The van der Waals surface area contributed by atoms with Crippen molar-refractivity contribution in [1.82, 2.24) is 15.5 Å². The number of aliphatic hydroxyl groups excluding tert-OH is 1. The Labute approximate surface area is 120 Å². The topological polar surface area (TPSA) is 80.4 Å². The summed E-state index contributed by atoms with van der Waals surface area (Å²) >= 11 is 5.93. The second-order valence-electron chi connectivity index (χ2n) is 4.65. The van der Waals surface area contributed by atoms with Crippen molar-refractivity contribution in [3.8, 4) is 17.1 Å². The molecule has 1 aromatic carbocycles. The molecule has 7 heteroatoms. The molecule has 1 aromatic heterocycles. The summed E-state index contributed by atoms with van der Waals surface area (Å²) in [6.07, 6.45) is 0.194. The highest BCUT2D eigenvalue weighted by molar-refractivity contribution is 6.30. The van der Waals surface area contributed by atoms with Crippen LogP contribution in [0.15, 0.2) is 22.7 Å². The Balaban J connectivity index is 1.90. The maximum absolute atomic E-state index is 9.51. The van der Waals surface area contributed by atoms with E-state index in [0.717, 1.165) is 0 Å². The van der Waals surface area contributed by atoms with Crippen LogP contribution < -0.4 is 10.1 Å². The molecule has 6 nitrogen and oxygen atoms in total. The minimum Gasteiger partial charge on any atom is -0.496 e. The molecular weight excluding hydrogens is 282 g/mol. The molecule has 1 fully saturated rings. The van der Waals surface area contributed by atoms with Gasteiger partial charge in [-0.1, -0.05) is 16.8 Å². The lowest BCUT2D eigenvalue weighted by Crippen LogP contribution is -2.15. The van der Waals surface area contributed by atoms with Gasteiger partial charge in [-0.05, 0) is 24.6 Å². The number of ether oxygens (including phenoxy) is 1. The average Bonchev–Trinajstić information content (AvgIpc) is 3.07. The van der Waals surface area contributed by atoms with Crippen molar-refractivity contribution in [3.63, 3.8) is 0 Å². The molecule has 2 heterocycles. The van der Waals surface area contributed by atoms with Crippen molar-refractivity contribution in [1.29, 1.82) is 0 Å². The smallest absolute Gasteiger partial charge is 0.244 e. The number of hydrogen-bond donors (Lipinski definition) is 2. The summed E-state index contributed by atoms with van der Waals surface area (Å²) < 4.78 is 10.5. The standard InChI is InChI=1S/C13H14ClN3O3/c1-19-11-4-7(14)2-3-9(11)12-16-13(20-17-12)10-5-8(18)6-15-10/h2-4,8,10,15,18H,5-6H2,1H3/t8-,10+/m0/s1. The Morgan fingerprint density at radius 2 is 2.35 bits per heavy atom. The summed E-state index contributed by atoms with van der Waals surface area (Å²) in [5.74, 6) is 1.49. The van der Waals surface area contributed by atoms with Crippen molar-refractivity contribution >= 4 is 11.6 Å². The van der Waals surface area contributed by atoms with E-state index in [1.165, 1.54) is 0 Å². The van der Waals surface area contributed by atoms with Crippen LogP contribution in [-0.2, 0) is 0 Å². The molecule has 0 aliphatic carbocycles. The number of β-amino-alcohol motifs (C(OH)–C–C–N with tert-alkyl or cyclic N) is 1. The third-order valence-corrected chi connectivity index (χ3v) is 3.49. The van der Waals surface area contributed by atoms with Crippen LogP contribution >= 0.6 is 11.6 Å². The van der Waals surface area contributed by atoms with Gasteiger partial charge < -0.3 is 19.7 Å². The number of aromatic nitrogens is 2. The fraction of sp³-hybridized carbons (Fsp3) is 0.385. The normalized spacial score (nSPS) is 22.1. The van der Waals surface area contributed by atoms with Gasteiger partial charge in [-0.25, -0.2) is 0 Å². The molecule has 2 N–H and O–H groups in total. The monoisotopic (exact) mass is 295 g/mol. The van der Waals surface area contributed by atoms with Crippen LogP contribution in [0.1, 0.15) is 18.4 Å². The molecule has 0 amide bonds. The zero-order chi connectivity index (χ0) is 14.1. The summed E-state index contributed by atoms with van der Waals surface area (Å²) in [4.78, 5) is 4.36. The number of benzene rings is 1. The molecule has 106 valence electrons. The SMILES string of the molecule is COc1cc(Cl)ccc1-c1noc([C@H]2C[C@H](O)CN2)n1. The maximum atomic E-state index is 9.51. The summed E-state index contributed by atoms with van der Waals surface area (Å²) in [6.45, 7) is 0.534. The molecule has 0 saturated carbocycles. The van der Waals surface area contributed by atoms with E-state index >= 15 is 0 Å². The molecule has 0 bridgehead atoms. The van der Waals surface area contributed by atoms with Gasteiger partial charge in [0.15, 0.2) is 0 Å². The molecule has 1 aliphatic heterocycles. The van der Waals surface area contributed by atoms with Gasteiger partial charge in [0.05, 0.1) is 24.8 Å². The first kappa shape index (κ1) is 13.4. The fourth-order valence-electron chi connectivity index (χ4n) is 2.24. The van der Waals surface area contributed by atoms with Crippen molar-refractivity contribution in [2.75, 3.05) is 13.7 Å². The lowest BCUT2D eigenvalue weighted by atomic mass is 10.2. The van der Waals surface area contributed by atoms with Crippen molar-refractivity contribution in [2.45, 2.75) is 18.6 Å². The predicted molar refractivity (Wildman–Crippen MR) is 72.7 cm³/mol. The number of halogens is 1. The van der Waals surface area contributed by atoms with Gasteiger partial charge in [-0.3, -0.25) is 0 Å². The number of hydrogen-bond acceptors (Lipinski definition) is 6. The number of nitrogens with one attached hydrogen (secondary N) is 1. The largest absolute Gasteiger partial charge is 0.496 e. The van der Waals surface area contributed by atoms with Gasteiger partial charge in [-0.2, -0.15) is 4.98 Å². The van der Waals surface area contributed by atoms with E-state index in [-0.39, 0.29) is 12.1 Å². The average molecular weight is 296 g/mol. The van der Waals surface area contributed by atoms with E-state index in [2.05, 4.69) is 15.5 Å². The van der Waals surface area contributed by atoms with Crippen molar-refractivity contribution < 1.29 is 14.4 Å². The Hall–Kier alpha value is -1.63. The summed E-state index contributed by atoms with van der Waals surface area (Å²) in [7, 11) is 1.56. The van der Waals surface area contributed by atoms with Gasteiger partial charge >= 0.3 is 0 Å². The van der Waals surface area contributed by atoms with Crippen molar-refractivity contribution in [2.24, 2.45) is 0 Å². The van der Waals surface area contributed by atoms with Gasteiger partial charge in [0.1, 0.15) is 5.75 Å². The van der Waals surface area contributed by atoms with Crippen LogP contribution in [0.4, 0.5) is 0 Å². The van der Waals surface area contributed by atoms with Crippen LogP contribution in [-0.4, -0.2) is 35.0 Å². The zero-order valence-corrected chi connectivity index (χ0v) is 11.6. The Morgan fingerprint density at radius 3 is 3.05 bits per heavy atom. The highest BCUT2D eigenvalue weighted by atomic mass is 35.5. The third kappa shape index (κ3) is 2.49. The Kier molecular flexibility index (Phi) is 3.60. The quantitative estimate of drug-likeness (QED) is 0.898. The molecule has 2 aromatic rings. The molecule has 1 saturated heterocycles. The lowest BCUT2D eigenvalue weighted by molar-refractivity contribution is 0.191. The second kappa shape index (κ2) is 5.40. The predicted octanol–water partition coefficient (Wildman–Crippen LogP) is 1.79. The van der Waals surface area contributed by atoms with Gasteiger partial charge in [-0.15, -0.1) is 0 Å². The fourth-order valence-corrected chi connectivity index (χ4v) is 2.40. The van der Waals surface area contributed by atoms with E-state index < -0.39 is 0 Å². The van der Waals surface area contributed by atoms with E-state index in [4.69, 9.17) is 20.9 Å². The van der Waals surface area contributed by atoms with Crippen LogP contribution in [0.5, 0.6) is 5.75 Å². The highest BCUT2D eigenvalue weighted by Gasteiger charge is 2.28. The Morgan fingerprint density at radius 1 is 1.50 bits per heavy atom.